The number of nitrogens with zero attached hydrogens (tertiary/aromatic N) is 1. The molecule has 1 saturated heterocycles. The summed E-state index contributed by atoms with van der Waals surface area (Å²) in [5, 5.41) is 2.97. The van der Waals surface area contributed by atoms with E-state index in [9.17, 15) is 14.0 Å². The van der Waals surface area contributed by atoms with Gasteiger partial charge in [0.25, 0.3) is 5.91 Å². The van der Waals surface area contributed by atoms with Gasteiger partial charge in [0.05, 0.1) is 31.3 Å². The Kier molecular flexibility index (Phi) is 9.13. The maximum Gasteiger partial charge on any atom is 0.256 e. The smallest absolute Gasteiger partial charge is 0.256 e. The second-order valence-corrected chi connectivity index (χ2v) is 8.01. The fourth-order valence-corrected chi connectivity index (χ4v) is 4.06. The highest BCUT2D eigenvalue weighted by molar-refractivity contribution is 5.95. The SMILES string of the molecule is CCOc1cc(CNC(=O)C2CCCN(C(=O)c3ccccc3F)C2)cc(OCC)c1OCC. The first-order valence-corrected chi connectivity index (χ1v) is 11.8. The molecular formula is C26H33FN2O5. The number of carbonyl (C=O) groups is 2. The molecule has 7 nitrogen and oxygen atoms in total. The molecule has 2 aromatic carbocycles. The van der Waals surface area contributed by atoms with Crippen LogP contribution in [0.3, 0.4) is 0 Å². The van der Waals surface area contributed by atoms with Gasteiger partial charge in [-0.15, -0.1) is 0 Å². The highest BCUT2D eigenvalue weighted by Crippen LogP contribution is 2.39. The Labute approximate surface area is 200 Å². The van der Waals surface area contributed by atoms with Crippen molar-refractivity contribution in [2.24, 2.45) is 5.92 Å². The monoisotopic (exact) mass is 472 g/mol. The number of amides is 2. The third-order valence-corrected chi connectivity index (χ3v) is 5.62. The summed E-state index contributed by atoms with van der Waals surface area (Å²) in [6.45, 7) is 8.13. The molecule has 1 atom stereocenters. The number of likely N-dealkylation sites (tertiary alicyclic amines) is 1. The fourth-order valence-electron chi connectivity index (χ4n) is 4.06. The van der Waals surface area contributed by atoms with E-state index in [-0.39, 0.29) is 36.4 Å². The second-order valence-electron chi connectivity index (χ2n) is 8.01. The van der Waals surface area contributed by atoms with Gasteiger partial charge in [-0.05, 0) is 63.4 Å². The summed E-state index contributed by atoms with van der Waals surface area (Å²) in [6.07, 6.45) is 1.36. The van der Waals surface area contributed by atoms with E-state index in [0.29, 0.717) is 56.5 Å². The van der Waals surface area contributed by atoms with Gasteiger partial charge in [-0.1, -0.05) is 12.1 Å². The Balaban J connectivity index is 1.67. The van der Waals surface area contributed by atoms with Crippen molar-refractivity contribution in [3.8, 4) is 17.2 Å². The number of carbonyl (C=O) groups excluding carboxylic acids is 2. The van der Waals surface area contributed by atoms with Gasteiger partial charge < -0.3 is 24.4 Å². The summed E-state index contributed by atoms with van der Waals surface area (Å²) >= 11 is 0. The minimum atomic E-state index is -0.551. The molecule has 1 fully saturated rings. The molecule has 0 radical (unpaired) electrons. The minimum Gasteiger partial charge on any atom is -0.490 e. The molecule has 1 aliphatic rings. The molecule has 184 valence electrons. The van der Waals surface area contributed by atoms with Crippen molar-refractivity contribution in [3.63, 3.8) is 0 Å². The Bertz CT molecular complexity index is 970. The lowest BCUT2D eigenvalue weighted by atomic mass is 9.96. The normalized spacial score (nSPS) is 15.5. The predicted octanol–water partition coefficient (Wildman–Crippen LogP) is 4.19. The third-order valence-electron chi connectivity index (χ3n) is 5.62. The lowest BCUT2D eigenvalue weighted by Gasteiger charge is -2.32. The minimum absolute atomic E-state index is 0.0323. The van der Waals surface area contributed by atoms with Crippen LogP contribution in [0, 0.1) is 11.7 Å². The van der Waals surface area contributed by atoms with Crippen LogP contribution in [0.5, 0.6) is 17.2 Å². The zero-order valence-electron chi connectivity index (χ0n) is 20.1. The third kappa shape index (κ3) is 6.18. The van der Waals surface area contributed by atoms with E-state index < -0.39 is 5.82 Å². The first kappa shape index (κ1) is 25.3. The van der Waals surface area contributed by atoms with E-state index in [0.717, 1.165) is 5.56 Å². The average Bonchev–Trinajstić information content (AvgIpc) is 2.85. The first-order valence-electron chi connectivity index (χ1n) is 11.8. The van der Waals surface area contributed by atoms with Gasteiger partial charge in [-0.3, -0.25) is 9.59 Å². The van der Waals surface area contributed by atoms with Crippen LogP contribution >= 0.6 is 0 Å². The molecule has 0 spiro atoms. The highest BCUT2D eigenvalue weighted by atomic mass is 19.1. The van der Waals surface area contributed by atoms with Crippen molar-refractivity contribution in [2.75, 3.05) is 32.9 Å². The van der Waals surface area contributed by atoms with Crippen LogP contribution in [-0.4, -0.2) is 49.6 Å². The van der Waals surface area contributed by atoms with Gasteiger partial charge in [-0.25, -0.2) is 4.39 Å². The number of nitrogens with one attached hydrogen (secondary N) is 1. The van der Waals surface area contributed by atoms with Gasteiger partial charge in [0.2, 0.25) is 11.7 Å². The van der Waals surface area contributed by atoms with Crippen LogP contribution in [0.4, 0.5) is 4.39 Å². The fraction of sp³-hybridized carbons (Fsp3) is 0.462. The largest absolute Gasteiger partial charge is 0.490 e. The van der Waals surface area contributed by atoms with Crippen molar-refractivity contribution in [3.05, 3.63) is 53.3 Å². The summed E-state index contributed by atoms with van der Waals surface area (Å²) in [6, 6.07) is 9.60. The molecule has 1 N–H and O–H groups in total. The quantitative estimate of drug-likeness (QED) is 0.561. The van der Waals surface area contributed by atoms with E-state index in [1.807, 2.05) is 32.9 Å². The molecule has 2 amide bonds. The highest BCUT2D eigenvalue weighted by Gasteiger charge is 2.30. The Morgan fingerprint density at radius 3 is 2.29 bits per heavy atom. The van der Waals surface area contributed by atoms with Crippen LogP contribution < -0.4 is 19.5 Å². The number of piperidine rings is 1. The van der Waals surface area contributed by atoms with Crippen molar-refractivity contribution in [1.82, 2.24) is 10.2 Å². The number of hydrogen-bond donors (Lipinski definition) is 1. The molecule has 2 aromatic rings. The van der Waals surface area contributed by atoms with Crippen LogP contribution in [-0.2, 0) is 11.3 Å². The van der Waals surface area contributed by atoms with E-state index in [4.69, 9.17) is 14.2 Å². The van der Waals surface area contributed by atoms with E-state index in [1.165, 1.54) is 12.1 Å². The van der Waals surface area contributed by atoms with Gasteiger partial charge in [0.1, 0.15) is 5.82 Å². The summed E-state index contributed by atoms with van der Waals surface area (Å²) < 4.78 is 31.3. The Hall–Kier alpha value is -3.29. The number of rotatable bonds is 10. The Morgan fingerprint density at radius 1 is 1.03 bits per heavy atom. The van der Waals surface area contributed by atoms with E-state index >= 15 is 0 Å². The number of benzene rings is 2. The van der Waals surface area contributed by atoms with Gasteiger partial charge in [-0.2, -0.15) is 0 Å². The molecule has 3 rings (SSSR count). The lowest BCUT2D eigenvalue weighted by Crippen LogP contribution is -2.45. The van der Waals surface area contributed by atoms with Gasteiger partial charge in [0, 0.05) is 19.6 Å². The van der Waals surface area contributed by atoms with Crippen molar-refractivity contribution in [2.45, 2.75) is 40.2 Å². The van der Waals surface area contributed by atoms with Crippen molar-refractivity contribution < 1.29 is 28.2 Å². The first-order chi connectivity index (χ1) is 16.5. The molecule has 0 aliphatic carbocycles. The lowest BCUT2D eigenvalue weighted by molar-refractivity contribution is -0.126. The average molecular weight is 473 g/mol. The van der Waals surface area contributed by atoms with Crippen molar-refractivity contribution >= 4 is 11.8 Å². The predicted molar refractivity (Wildman–Crippen MR) is 127 cm³/mol. The summed E-state index contributed by atoms with van der Waals surface area (Å²) in [5.74, 6) is 0.254. The molecule has 0 bridgehead atoms. The second kappa shape index (κ2) is 12.3. The van der Waals surface area contributed by atoms with Gasteiger partial charge in [0.15, 0.2) is 11.5 Å². The standard InChI is InChI=1S/C26H33FN2O5/c1-4-32-22-14-18(15-23(33-5-2)24(22)34-6-3)16-28-25(30)19-10-9-13-29(17-19)26(31)20-11-7-8-12-21(20)27/h7-8,11-12,14-15,19H,4-6,9-10,13,16-17H2,1-3H3,(H,28,30). The summed E-state index contributed by atoms with van der Waals surface area (Å²) in [7, 11) is 0. The molecule has 8 heteroatoms. The molecule has 34 heavy (non-hydrogen) atoms. The van der Waals surface area contributed by atoms with Gasteiger partial charge >= 0.3 is 0 Å². The molecule has 1 aliphatic heterocycles. The van der Waals surface area contributed by atoms with Crippen LogP contribution in [0.2, 0.25) is 0 Å². The maximum absolute atomic E-state index is 14.1. The zero-order valence-corrected chi connectivity index (χ0v) is 20.1. The molecule has 1 unspecified atom stereocenters. The molecule has 0 aromatic heterocycles. The van der Waals surface area contributed by atoms with E-state index in [2.05, 4.69) is 5.32 Å². The summed E-state index contributed by atoms with van der Waals surface area (Å²) in [4.78, 5) is 27.2. The van der Waals surface area contributed by atoms with Crippen LogP contribution in [0.1, 0.15) is 49.5 Å². The number of halogens is 1. The topological polar surface area (TPSA) is 77.1 Å². The number of hydrogen-bond acceptors (Lipinski definition) is 5. The van der Waals surface area contributed by atoms with E-state index in [1.54, 1.807) is 17.0 Å². The summed E-state index contributed by atoms with van der Waals surface area (Å²) in [5.41, 5.74) is 0.851. The van der Waals surface area contributed by atoms with Crippen LogP contribution in [0.25, 0.3) is 0 Å². The number of ether oxygens (including phenoxy) is 3. The van der Waals surface area contributed by atoms with Crippen molar-refractivity contribution in [1.29, 1.82) is 0 Å². The molecule has 0 saturated carbocycles. The maximum atomic E-state index is 14.1. The molecule has 1 heterocycles. The molecular weight excluding hydrogens is 439 g/mol. The zero-order chi connectivity index (χ0) is 24.5. The Morgan fingerprint density at radius 2 is 1.68 bits per heavy atom. The van der Waals surface area contributed by atoms with Crippen LogP contribution in [0.15, 0.2) is 36.4 Å².